The van der Waals surface area contributed by atoms with E-state index in [1.54, 1.807) is 41.8 Å². The molecule has 21 nitrogen and oxygen atoms in total. The fourth-order valence-electron chi connectivity index (χ4n) is 13.6. The predicted octanol–water partition coefficient (Wildman–Crippen LogP) is 10.7. The van der Waals surface area contributed by atoms with Crippen LogP contribution in [0.5, 0.6) is 0 Å². The van der Waals surface area contributed by atoms with Crippen LogP contribution in [0.1, 0.15) is 126 Å². The zero-order chi connectivity index (χ0) is 64.7. The number of pyridine rings is 1. The van der Waals surface area contributed by atoms with E-state index in [1.807, 2.05) is 123 Å². The van der Waals surface area contributed by atoms with Crippen molar-refractivity contribution in [2.24, 2.45) is 11.8 Å². The predicted molar refractivity (Wildman–Crippen MR) is 360 cm³/mol. The van der Waals surface area contributed by atoms with Crippen LogP contribution >= 0.6 is 22.7 Å². The van der Waals surface area contributed by atoms with E-state index < -0.39 is 34.0 Å². The maximum Gasteiger partial charge on any atom is 0.284 e. The molecule has 4 amide bonds. The molecule has 24 heteroatoms. The molecule has 0 radical (unpaired) electrons. The number of fused-ring (bicyclic) bond motifs is 2. The van der Waals surface area contributed by atoms with Crippen LogP contribution in [-0.2, 0) is 39.1 Å². The van der Waals surface area contributed by atoms with Crippen LogP contribution < -0.4 is 30.1 Å². The highest BCUT2D eigenvalue weighted by molar-refractivity contribution is 7.90. The van der Waals surface area contributed by atoms with Gasteiger partial charge in [-0.1, -0.05) is 98.1 Å². The van der Waals surface area contributed by atoms with Crippen LogP contribution in [0.2, 0.25) is 0 Å². The van der Waals surface area contributed by atoms with Gasteiger partial charge in [0.15, 0.2) is 16.7 Å². The molecule has 1 aliphatic carbocycles. The lowest BCUT2D eigenvalue weighted by molar-refractivity contribution is -0.141. The molecule has 4 aliphatic rings. The third kappa shape index (κ3) is 13.3. The fourth-order valence-corrected chi connectivity index (χ4v) is 16.2. The Morgan fingerprint density at radius 1 is 0.796 bits per heavy atom. The van der Waals surface area contributed by atoms with Crippen LogP contribution in [0.25, 0.3) is 31.8 Å². The van der Waals surface area contributed by atoms with Gasteiger partial charge in [-0.25, -0.2) is 28.1 Å². The molecule has 3 aliphatic heterocycles. The molecule has 4 N–H and O–H groups in total. The van der Waals surface area contributed by atoms with Crippen LogP contribution in [0, 0.1) is 25.7 Å². The zero-order valence-electron chi connectivity index (χ0n) is 52.6. The Labute approximate surface area is 548 Å². The summed E-state index contributed by atoms with van der Waals surface area (Å²) in [6.07, 6.45) is 7.42. The summed E-state index contributed by atoms with van der Waals surface area (Å²) in [5.74, 6) is -0.981. The molecule has 0 bridgehead atoms. The number of nitrogens with zero attached hydrogens (tertiary/aromatic N) is 10. The summed E-state index contributed by atoms with van der Waals surface area (Å²) in [7, 11) is -4.44. The van der Waals surface area contributed by atoms with Crippen molar-refractivity contribution in [3.8, 4) is 21.6 Å². The number of nitrogens with one attached hydrogen (secondary N) is 3. The number of β-amino-alcohol motifs (C(OH)–C–C–N with tert-alkyl or cyclic N) is 1. The summed E-state index contributed by atoms with van der Waals surface area (Å²) in [6, 6.07) is 32.0. The standard InChI is InChI=1S/C69H75N13O8S3/c1-41(2)62(68(87)81-38-50(83)34-57(81)66(85)72-42(3)46-18-20-48(21-19-46)64-43(4)70-40-91-64)58-35-61(76-90-58)79-32-30-78(31-33-79)49-22-24-51(25-23-49)93(88,89)77-67(86)63-52(54-36-71-82(44(54)5)37-45-12-7-6-8-13-45)26-27-60(74-63)80-29-28-47-14-11-15-53(55(47)39-80)65(84)75-69-73-56-16-9-10-17-59(56)92-69/h9-11,14-27,35-36,40-42,45,50,57,62,83H,6-8,12-13,28-34,37-39H2,1-5H3,(H,72,85)(H,77,86)(H,73,75,84)/t42-,50+,57-,62-/m0/s1. The van der Waals surface area contributed by atoms with Gasteiger partial charge in [-0.3, -0.25) is 29.2 Å². The molecular weight excluding hydrogens is 1240 g/mol. The lowest BCUT2D eigenvalue weighted by Gasteiger charge is -2.36. The first-order valence-corrected chi connectivity index (χ1v) is 35.1. The van der Waals surface area contributed by atoms with Crippen molar-refractivity contribution in [1.82, 2.24) is 44.8 Å². The Kier molecular flexibility index (Phi) is 18.0. The number of aromatic nitrogens is 6. The number of aliphatic hydroxyl groups excluding tert-OH is 1. The number of sulfonamides is 1. The summed E-state index contributed by atoms with van der Waals surface area (Å²) in [4.78, 5) is 79.8. The van der Waals surface area contributed by atoms with Gasteiger partial charge >= 0.3 is 0 Å². The third-order valence-corrected chi connectivity index (χ3v) is 22.0. The molecule has 0 spiro atoms. The number of hydrogen-bond acceptors (Lipinski definition) is 18. The van der Waals surface area contributed by atoms with Gasteiger partial charge in [-0.05, 0) is 129 Å². The molecule has 5 aromatic heterocycles. The second-order valence-electron chi connectivity index (χ2n) is 25.2. The molecular formula is C69H75N13O8S3. The molecule has 9 aromatic rings. The first-order chi connectivity index (χ1) is 44.9. The van der Waals surface area contributed by atoms with Crippen molar-refractivity contribution >= 4 is 89.0 Å². The molecule has 4 aromatic carbocycles. The van der Waals surface area contributed by atoms with Crippen molar-refractivity contribution in [2.45, 2.75) is 122 Å². The van der Waals surface area contributed by atoms with Crippen molar-refractivity contribution < 1.29 is 37.2 Å². The van der Waals surface area contributed by atoms with Crippen LogP contribution in [0.4, 0.5) is 22.5 Å². The van der Waals surface area contributed by atoms with Crippen LogP contribution in [-0.4, -0.2) is 123 Å². The van der Waals surface area contributed by atoms with Crippen molar-refractivity contribution in [3.63, 3.8) is 0 Å². The van der Waals surface area contributed by atoms with Gasteiger partial charge in [0.25, 0.3) is 21.8 Å². The highest BCUT2D eigenvalue weighted by atomic mass is 32.2. The topological polar surface area (TPSA) is 254 Å². The van der Waals surface area contributed by atoms with Gasteiger partial charge in [0.05, 0.1) is 49.5 Å². The number of rotatable bonds is 18. The van der Waals surface area contributed by atoms with Crippen molar-refractivity contribution in [3.05, 3.63) is 166 Å². The average molecular weight is 1310 g/mol. The van der Waals surface area contributed by atoms with Gasteiger partial charge in [-0.15, -0.1) is 11.3 Å². The summed E-state index contributed by atoms with van der Waals surface area (Å²) in [5.41, 5.74) is 10.6. The Hall–Kier alpha value is -8.84. The molecule has 482 valence electrons. The van der Waals surface area contributed by atoms with Gasteiger partial charge in [0.1, 0.15) is 23.5 Å². The van der Waals surface area contributed by atoms with E-state index in [0.717, 1.165) is 73.8 Å². The largest absolute Gasteiger partial charge is 0.391 e. The second kappa shape index (κ2) is 26.6. The molecule has 93 heavy (non-hydrogen) atoms. The van der Waals surface area contributed by atoms with Crippen LogP contribution in [0.3, 0.4) is 0 Å². The zero-order valence-corrected chi connectivity index (χ0v) is 55.1. The lowest BCUT2D eigenvalue weighted by atomic mass is 9.89. The van der Waals surface area contributed by atoms with Crippen LogP contribution in [0.15, 0.2) is 130 Å². The molecule has 3 fully saturated rings. The Balaban J connectivity index is 0.668. The summed E-state index contributed by atoms with van der Waals surface area (Å²) >= 11 is 2.98. The first-order valence-electron chi connectivity index (χ1n) is 31.9. The minimum absolute atomic E-state index is 0.0122. The number of piperazine rings is 1. The molecule has 2 saturated heterocycles. The quantitative estimate of drug-likeness (QED) is 0.0623. The van der Waals surface area contributed by atoms with E-state index in [9.17, 15) is 32.7 Å². The third-order valence-electron chi connectivity index (χ3n) is 18.7. The average Bonchev–Trinajstić information content (AvgIpc) is 1.78. The molecule has 1 saturated carbocycles. The van der Waals surface area contributed by atoms with E-state index in [-0.39, 0.29) is 53.2 Å². The number of para-hydroxylation sites is 1. The van der Waals surface area contributed by atoms with E-state index in [2.05, 4.69) is 40.3 Å². The molecule has 0 unspecified atom stereocenters. The number of amides is 4. The highest BCUT2D eigenvalue weighted by Crippen LogP contribution is 2.37. The number of benzene rings is 4. The lowest BCUT2D eigenvalue weighted by Crippen LogP contribution is -2.48. The maximum atomic E-state index is 14.7. The smallest absolute Gasteiger partial charge is 0.284 e. The number of carbonyl (C=O) groups is 4. The minimum Gasteiger partial charge on any atom is -0.391 e. The van der Waals surface area contributed by atoms with E-state index in [0.29, 0.717) is 90.8 Å². The Morgan fingerprint density at radius 3 is 2.30 bits per heavy atom. The monoisotopic (exact) mass is 1310 g/mol. The number of aryl methyl sites for hydroxylation is 1. The van der Waals surface area contributed by atoms with Crippen molar-refractivity contribution in [2.75, 3.05) is 59.3 Å². The van der Waals surface area contributed by atoms with Gasteiger partial charge in [0, 0.05) is 92.9 Å². The Bertz CT molecular complexity index is 4320. The normalized spacial score (nSPS) is 17.8. The number of thiazole rings is 2. The molecule has 13 rings (SSSR count). The summed E-state index contributed by atoms with van der Waals surface area (Å²) in [6.45, 7) is 13.5. The first kappa shape index (κ1) is 62.9. The number of carbonyl (C=O) groups excluding carboxylic acids is 4. The maximum absolute atomic E-state index is 14.7. The second-order valence-corrected chi connectivity index (χ2v) is 28.7. The number of anilines is 4. The van der Waals surface area contributed by atoms with E-state index in [1.165, 1.54) is 47.6 Å². The van der Waals surface area contributed by atoms with E-state index in [4.69, 9.17) is 14.6 Å². The van der Waals surface area contributed by atoms with Gasteiger partial charge in [0.2, 0.25) is 11.8 Å². The SMILES string of the molecule is Cc1ncsc1-c1ccc([C@H](C)NC(=O)[C@@H]2C[C@@H](O)CN2C(=O)[C@H](c2cc(N3CCN(c4ccc(S(=O)(=O)NC(=O)c5nc(N6CCc7cccc(C(=O)Nc8nc9ccccc9s8)c7C6)ccc5-c5cnn(CC6CCCCC6)c5C)cc4)CC3)no2)C(C)C)cc1. The van der Waals surface area contributed by atoms with Gasteiger partial charge in [-0.2, -0.15) is 5.10 Å². The minimum atomic E-state index is -4.44. The highest BCUT2D eigenvalue weighted by Gasteiger charge is 2.44. The fraction of sp³-hybridized carbons (Fsp3) is 0.377. The molecule has 4 atom stereocenters. The number of likely N-dealkylation sites (tertiary alicyclic amines) is 1. The molecule has 8 heterocycles. The van der Waals surface area contributed by atoms with Crippen molar-refractivity contribution in [1.29, 1.82) is 0 Å². The number of hydrogen-bond donors (Lipinski definition) is 4. The summed E-state index contributed by atoms with van der Waals surface area (Å²) in [5, 5.41) is 26.7. The Morgan fingerprint density at radius 2 is 1.56 bits per heavy atom. The van der Waals surface area contributed by atoms with Gasteiger partial charge < -0.3 is 34.5 Å². The number of aliphatic hydroxyl groups is 1. The van der Waals surface area contributed by atoms with E-state index >= 15 is 0 Å². The summed E-state index contributed by atoms with van der Waals surface area (Å²) < 4.78 is 39.9.